The monoisotopic (exact) mass is 324 g/mol. The molecule has 1 saturated carbocycles. The van der Waals surface area contributed by atoms with Crippen molar-refractivity contribution < 1.29 is 12.6 Å². The van der Waals surface area contributed by atoms with Crippen LogP contribution in [0.4, 0.5) is 0 Å². The molecular weight excluding hydrogens is 296 g/mol. The minimum atomic E-state index is -3.58. The third-order valence-electron chi connectivity index (χ3n) is 4.53. The number of aryl methyl sites for hydroxylation is 1. The molecule has 2 rings (SSSR count). The fourth-order valence-corrected chi connectivity index (χ4v) is 4.07. The van der Waals surface area contributed by atoms with Crippen LogP contribution < -0.4 is 0 Å². The van der Waals surface area contributed by atoms with Crippen LogP contribution in [-0.4, -0.2) is 15.0 Å². The summed E-state index contributed by atoms with van der Waals surface area (Å²) in [5.74, 6) is 0.908. The van der Waals surface area contributed by atoms with Crippen LogP contribution in [0.1, 0.15) is 63.4 Å². The maximum Gasteiger partial charge on any atom is 0.296 e. The van der Waals surface area contributed by atoms with Crippen LogP contribution in [0, 0.1) is 12.8 Å². The van der Waals surface area contributed by atoms with Crippen LogP contribution in [0.5, 0.6) is 0 Å². The minimum absolute atomic E-state index is 0.250. The van der Waals surface area contributed by atoms with Crippen molar-refractivity contribution >= 4 is 10.1 Å². The first-order chi connectivity index (χ1) is 10.6. The van der Waals surface area contributed by atoms with E-state index in [4.69, 9.17) is 4.18 Å². The Hall–Kier alpha value is -0.870. The van der Waals surface area contributed by atoms with Crippen molar-refractivity contribution in [3.63, 3.8) is 0 Å². The van der Waals surface area contributed by atoms with Crippen LogP contribution in [-0.2, 0) is 14.3 Å². The molecule has 0 bridgehead atoms. The van der Waals surface area contributed by atoms with Crippen molar-refractivity contribution in [2.45, 2.75) is 69.6 Å². The molecule has 1 aliphatic rings. The molecule has 1 aliphatic carbocycles. The van der Waals surface area contributed by atoms with Gasteiger partial charge in [-0.2, -0.15) is 8.42 Å². The van der Waals surface area contributed by atoms with Crippen LogP contribution >= 0.6 is 0 Å². The smallest absolute Gasteiger partial charge is 0.266 e. The highest BCUT2D eigenvalue weighted by Crippen LogP contribution is 2.27. The van der Waals surface area contributed by atoms with Crippen molar-refractivity contribution in [2.24, 2.45) is 5.92 Å². The van der Waals surface area contributed by atoms with E-state index in [0.717, 1.165) is 24.3 Å². The summed E-state index contributed by atoms with van der Waals surface area (Å²) in [6.07, 6.45) is 11.3. The maximum atomic E-state index is 12.0. The number of benzene rings is 1. The number of rotatable bonds is 8. The Labute approximate surface area is 135 Å². The molecule has 22 heavy (non-hydrogen) atoms. The second-order valence-electron chi connectivity index (χ2n) is 6.44. The topological polar surface area (TPSA) is 43.4 Å². The largest absolute Gasteiger partial charge is 0.296 e. The summed E-state index contributed by atoms with van der Waals surface area (Å²) in [6.45, 7) is 2.23. The summed E-state index contributed by atoms with van der Waals surface area (Å²) < 4.78 is 29.1. The SMILES string of the molecule is Cc1ccc(S(=O)(=O)OCCCCCC2CCCCC2)cc1. The lowest BCUT2D eigenvalue weighted by Crippen LogP contribution is -2.08. The van der Waals surface area contributed by atoms with E-state index >= 15 is 0 Å². The van der Waals surface area contributed by atoms with Crippen molar-refractivity contribution in [1.29, 1.82) is 0 Å². The van der Waals surface area contributed by atoms with Crippen LogP contribution in [0.3, 0.4) is 0 Å². The Bertz CT molecular complexity index is 528. The van der Waals surface area contributed by atoms with Gasteiger partial charge in [-0.3, -0.25) is 4.18 Å². The van der Waals surface area contributed by atoms with E-state index in [9.17, 15) is 8.42 Å². The molecule has 1 aromatic carbocycles. The first-order valence-electron chi connectivity index (χ1n) is 8.54. The molecule has 0 saturated heterocycles. The third-order valence-corrected chi connectivity index (χ3v) is 5.86. The van der Waals surface area contributed by atoms with Crippen molar-refractivity contribution in [3.8, 4) is 0 Å². The Kier molecular flexibility index (Phi) is 6.90. The van der Waals surface area contributed by atoms with Gasteiger partial charge in [0.1, 0.15) is 0 Å². The van der Waals surface area contributed by atoms with Gasteiger partial charge in [0.2, 0.25) is 0 Å². The normalized spacial score (nSPS) is 16.8. The van der Waals surface area contributed by atoms with Crippen LogP contribution in [0.2, 0.25) is 0 Å². The lowest BCUT2D eigenvalue weighted by Gasteiger charge is -2.21. The Morgan fingerprint density at radius 2 is 1.68 bits per heavy atom. The zero-order valence-corrected chi connectivity index (χ0v) is 14.4. The fourth-order valence-electron chi connectivity index (χ4n) is 3.13. The molecule has 0 aliphatic heterocycles. The van der Waals surface area contributed by atoms with Gasteiger partial charge >= 0.3 is 0 Å². The molecule has 1 aromatic rings. The second-order valence-corrected chi connectivity index (χ2v) is 8.06. The molecule has 3 nitrogen and oxygen atoms in total. The molecule has 1 fully saturated rings. The van der Waals surface area contributed by atoms with Crippen molar-refractivity contribution in [3.05, 3.63) is 29.8 Å². The van der Waals surface area contributed by atoms with Crippen molar-refractivity contribution in [2.75, 3.05) is 6.61 Å². The first-order valence-corrected chi connectivity index (χ1v) is 9.95. The molecule has 124 valence electrons. The summed E-state index contributed by atoms with van der Waals surface area (Å²) in [7, 11) is -3.58. The van der Waals surface area contributed by atoms with Gasteiger partial charge in [-0.05, 0) is 31.4 Å². The van der Waals surface area contributed by atoms with E-state index in [0.29, 0.717) is 6.61 Å². The lowest BCUT2D eigenvalue weighted by molar-refractivity contribution is 0.295. The molecular formula is C18H28O3S. The zero-order valence-electron chi connectivity index (χ0n) is 13.6. The van der Waals surface area contributed by atoms with Gasteiger partial charge in [0.15, 0.2) is 0 Å². The lowest BCUT2D eigenvalue weighted by atomic mass is 9.86. The van der Waals surface area contributed by atoms with Gasteiger partial charge in [-0.1, -0.05) is 69.1 Å². The first kappa shape index (κ1) is 17.5. The van der Waals surface area contributed by atoms with E-state index in [1.807, 2.05) is 6.92 Å². The van der Waals surface area contributed by atoms with Crippen LogP contribution in [0.25, 0.3) is 0 Å². The molecule has 0 heterocycles. The summed E-state index contributed by atoms with van der Waals surface area (Å²) in [5, 5.41) is 0. The highest BCUT2D eigenvalue weighted by Gasteiger charge is 2.15. The molecule has 0 N–H and O–H groups in total. The van der Waals surface area contributed by atoms with E-state index in [1.54, 1.807) is 24.3 Å². The molecule has 0 atom stereocenters. The Morgan fingerprint density at radius 3 is 2.36 bits per heavy atom. The molecule has 0 unspecified atom stereocenters. The number of hydrogen-bond acceptors (Lipinski definition) is 3. The number of hydrogen-bond donors (Lipinski definition) is 0. The predicted molar refractivity (Wildman–Crippen MR) is 89.4 cm³/mol. The Morgan fingerprint density at radius 1 is 1.00 bits per heavy atom. The molecule has 0 radical (unpaired) electrons. The quantitative estimate of drug-likeness (QED) is 0.507. The van der Waals surface area contributed by atoms with Gasteiger partial charge in [0.25, 0.3) is 10.1 Å². The highest BCUT2D eigenvalue weighted by molar-refractivity contribution is 7.86. The summed E-state index contributed by atoms with van der Waals surface area (Å²) in [5.41, 5.74) is 1.04. The van der Waals surface area contributed by atoms with Crippen LogP contribution in [0.15, 0.2) is 29.2 Å². The minimum Gasteiger partial charge on any atom is -0.266 e. The number of unbranched alkanes of at least 4 members (excludes halogenated alkanes) is 2. The molecule has 0 spiro atoms. The van der Waals surface area contributed by atoms with E-state index in [1.165, 1.54) is 44.9 Å². The van der Waals surface area contributed by atoms with E-state index in [-0.39, 0.29) is 4.90 Å². The summed E-state index contributed by atoms with van der Waals surface area (Å²) >= 11 is 0. The third kappa shape index (κ3) is 5.73. The van der Waals surface area contributed by atoms with Gasteiger partial charge in [0.05, 0.1) is 11.5 Å². The second kappa shape index (κ2) is 8.68. The average Bonchev–Trinajstić information content (AvgIpc) is 2.52. The highest BCUT2D eigenvalue weighted by atomic mass is 32.2. The van der Waals surface area contributed by atoms with E-state index < -0.39 is 10.1 Å². The van der Waals surface area contributed by atoms with Gasteiger partial charge in [-0.15, -0.1) is 0 Å². The predicted octanol–water partition coefficient (Wildman–Crippen LogP) is 4.84. The van der Waals surface area contributed by atoms with Gasteiger partial charge < -0.3 is 0 Å². The van der Waals surface area contributed by atoms with E-state index in [2.05, 4.69) is 0 Å². The zero-order chi connectivity index (χ0) is 15.8. The maximum absolute atomic E-state index is 12.0. The van der Waals surface area contributed by atoms with Crippen molar-refractivity contribution in [1.82, 2.24) is 0 Å². The standard InChI is InChI=1S/C18H28O3S/c1-16-11-13-18(14-12-16)22(19,20)21-15-7-3-6-10-17-8-4-2-5-9-17/h11-14,17H,2-10,15H2,1H3. The Balaban J connectivity index is 1.62. The fraction of sp³-hybridized carbons (Fsp3) is 0.667. The molecule has 0 aromatic heterocycles. The van der Waals surface area contributed by atoms with Gasteiger partial charge in [-0.25, -0.2) is 0 Å². The molecule has 0 amide bonds. The summed E-state index contributed by atoms with van der Waals surface area (Å²) in [4.78, 5) is 0.250. The average molecular weight is 324 g/mol. The summed E-state index contributed by atoms with van der Waals surface area (Å²) in [6, 6.07) is 6.79. The molecule has 4 heteroatoms. The van der Waals surface area contributed by atoms with Gasteiger partial charge in [0, 0.05) is 0 Å².